The minimum absolute atomic E-state index is 0.0514. The normalized spacial score (nSPS) is 11.1. The van der Waals surface area contributed by atoms with E-state index in [9.17, 15) is 18.0 Å². The highest BCUT2D eigenvalue weighted by atomic mass is 32.2. The summed E-state index contributed by atoms with van der Waals surface area (Å²) in [5.41, 5.74) is 3.32. The Bertz CT molecular complexity index is 1120. The lowest BCUT2D eigenvalue weighted by Gasteiger charge is -2.08. The first-order chi connectivity index (χ1) is 14.3. The molecule has 0 aliphatic carbocycles. The van der Waals surface area contributed by atoms with Crippen molar-refractivity contribution in [2.45, 2.75) is 11.8 Å². The van der Waals surface area contributed by atoms with Gasteiger partial charge in [0.05, 0.1) is 4.90 Å². The first-order valence-corrected chi connectivity index (χ1v) is 10.7. The zero-order chi connectivity index (χ0) is 21.6. The number of esters is 1. The monoisotopic (exact) mass is 423 g/mol. The highest BCUT2D eigenvalue weighted by molar-refractivity contribution is 7.89. The quantitative estimate of drug-likeness (QED) is 0.443. The van der Waals surface area contributed by atoms with Gasteiger partial charge < -0.3 is 4.74 Å². The summed E-state index contributed by atoms with van der Waals surface area (Å²) < 4.78 is 31.4. The summed E-state index contributed by atoms with van der Waals surface area (Å²) in [5.74, 6) is -1.20. The van der Waals surface area contributed by atoms with Gasteiger partial charge in [0.1, 0.15) is 6.54 Å². The van der Waals surface area contributed by atoms with Crippen molar-refractivity contribution < 1.29 is 22.7 Å². The Labute approximate surface area is 175 Å². The number of rotatable bonds is 8. The number of aryl methyl sites for hydroxylation is 1. The van der Waals surface area contributed by atoms with E-state index in [1.165, 1.54) is 12.1 Å². The van der Waals surface area contributed by atoms with Gasteiger partial charge in [0.2, 0.25) is 10.0 Å². The summed E-state index contributed by atoms with van der Waals surface area (Å²) in [7, 11) is -3.83. The van der Waals surface area contributed by atoms with Crippen LogP contribution in [0.15, 0.2) is 83.8 Å². The van der Waals surface area contributed by atoms with Crippen LogP contribution >= 0.6 is 0 Å². The number of hydrogen-bond acceptors (Lipinski definition) is 5. The molecule has 3 aromatic carbocycles. The van der Waals surface area contributed by atoms with E-state index in [4.69, 9.17) is 4.74 Å². The number of hydrogen-bond donors (Lipinski definition) is 1. The van der Waals surface area contributed by atoms with Crippen molar-refractivity contribution in [3.05, 3.63) is 90.0 Å². The Hall–Kier alpha value is -3.29. The molecular weight excluding hydrogens is 402 g/mol. The summed E-state index contributed by atoms with van der Waals surface area (Å²) >= 11 is 0. The van der Waals surface area contributed by atoms with Gasteiger partial charge in [-0.3, -0.25) is 9.59 Å². The van der Waals surface area contributed by atoms with Gasteiger partial charge in [0.15, 0.2) is 12.4 Å². The van der Waals surface area contributed by atoms with Crippen LogP contribution in [0.1, 0.15) is 15.9 Å². The maximum Gasteiger partial charge on any atom is 0.321 e. The second-order valence-electron chi connectivity index (χ2n) is 6.66. The maximum atomic E-state index is 12.2. The van der Waals surface area contributed by atoms with Crippen molar-refractivity contribution in [3.63, 3.8) is 0 Å². The van der Waals surface area contributed by atoms with Gasteiger partial charge in [0.25, 0.3) is 0 Å². The Balaban J connectivity index is 1.50. The fourth-order valence-corrected chi connectivity index (χ4v) is 3.68. The van der Waals surface area contributed by atoms with Crippen molar-refractivity contribution in [1.82, 2.24) is 4.72 Å². The van der Waals surface area contributed by atoms with Crippen molar-refractivity contribution in [1.29, 1.82) is 0 Å². The first-order valence-electron chi connectivity index (χ1n) is 9.26. The summed E-state index contributed by atoms with van der Waals surface area (Å²) in [4.78, 5) is 24.1. The molecule has 3 aromatic rings. The molecule has 0 amide bonds. The lowest BCUT2D eigenvalue weighted by molar-refractivity contribution is -0.141. The predicted octanol–water partition coefficient (Wildman–Crippen LogP) is 3.37. The molecular formula is C23H21NO5S. The lowest BCUT2D eigenvalue weighted by Crippen LogP contribution is -2.31. The Kier molecular flexibility index (Phi) is 6.76. The lowest BCUT2D eigenvalue weighted by atomic mass is 10.0. The minimum atomic E-state index is -3.83. The molecule has 0 spiro atoms. The molecule has 0 atom stereocenters. The molecule has 0 bridgehead atoms. The van der Waals surface area contributed by atoms with E-state index in [0.717, 1.165) is 16.7 Å². The van der Waals surface area contributed by atoms with Crippen LogP contribution in [0, 0.1) is 6.92 Å². The topological polar surface area (TPSA) is 89.5 Å². The van der Waals surface area contributed by atoms with Crippen LogP contribution in [-0.4, -0.2) is 33.3 Å². The number of ether oxygens (including phenoxy) is 1. The maximum absolute atomic E-state index is 12.2. The largest absolute Gasteiger partial charge is 0.456 e. The predicted molar refractivity (Wildman–Crippen MR) is 114 cm³/mol. The highest BCUT2D eigenvalue weighted by Crippen LogP contribution is 2.19. The van der Waals surface area contributed by atoms with E-state index in [-0.39, 0.29) is 10.7 Å². The van der Waals surface area contributed by atoms with Gasteiger partial charge in [0, 0.05) is 5.56 Å². The molecule has 7 heteroatoms. The summed E-state index contributed by atoms with van der Waals surface area (Å²) in [6.45, 7) is 0.819. The number of carbonyl (C=O) groups is 2. The van der Waals surface area contributed by atoms with Crippen molar-refractivity contribution >= 4 is 21.8 Å². The van der Waals surface area contributed by atoms with Crippen LogP contribution in [0.4, 0.5) is 0 Å². The standard InChI is InChI=1S/C23H21NO5S/c1-17-7-13-21(14-8-17)30(27,28)24-15-23(26)29-16-22(25)20-11-9-19(10-12-20)18-5-3-2-4-6-18/h2-14,24H,15-16H2,1H3. The Morgan fingerprint density at radius 2 is 1.43 bits per heavy atom. The van der Waals surface area contributed by atoms with E-state index in [2.05, 4.69) is 4.72 Å². The van der Waals surface area contributed by atoms with E-state index >= 15 is 0 Å². The van der Waals surface area contributed by atoms with Gasteiger partial charge in [-0.05, 0) is 30.2 Å². The molecule has 0 aromatic heterocycles. The number of Topliss-reactive ketones (excluding diaryl/α,β-unsaturated/α-hetero) is 1. The summed E-state index contributed by atoms with van der Waals surface area (Å²) in [6.07, 6.45) is 0. The van der Waals surface area contributed by atoms with Gasteiger partial charge in [-0.2, -0.15) is 4.72 Å². The minimum Gasteiger partial charge on any atom is -0.456 e. The molecule has 30 heavy (non-hydrogen) atoms. The van der Waals surface area contributed by atoms with Crippen LogP contribution in [0.3, 0.4) is 0 Å². The Morgan fingerprint density at radius 3 is 2.07 bits per heavy atom. The SMILES string of the molecule is Cc1ccc(S(=O)(=O)NCC(=O)OCC(=O)c2ccc(-c3ccccc3)cc2)cc1. The second kappa shape index (κ2) is 9.47. The van der Waals surface area contributed by atoms with Crippen LogP contribution in [0.5, 0.6) is 0 Å². The van der Waals surface area contributed by atoms with E-state index in [1.807, 2.05) is 49.4 Å². The summed E-state index contributed by atoms with van der Waals surface area (Å²) in [5, 5.41) is 0. The molecule has 3 rings (SSSR count). The smallest absolute Gasteiger partial charge is 0.321 e. The van der Waals surface area contributed by atoms with Crippen molar-refractivity contribution in [2.75, 3.05) is 13.2 Å². The first kappa shape index (κ1) is 21.4. The van der Waals surface area contributed by atoms with E-state index in [0.29, 0.717) is 5.56 Å². The zero-order valence-electron chi connectivity index (χ0n) is 16.4. The van der Waals surface area contributed by atoms with Crippen LogP contribution in [-0.2, 0) is 19.6 Å². The molecule has 6 nitrogen and oxygen atoms in total. The van der Waals surface area contributed by atoms with Crippen LogP contribution in [0.2, 0.25) is 0 Å². The number of ketones is 1. The summed E-state index contributed by atoms with van der Waals surface area (Å²) in [6, 6.07) is 22.9. The van der Waals surface area contributed by atoms with Gasteiger partial charge in [-0.1, -0.05) is 72.3 Å². The van der Waals surface area contributed by atoms with Crippen LogP contribution in [0.25, 0.3) is 11.1 Å². The van der Waals surface area contributed by atoms with Crippen molar-refractivity contribution in [3.8, 4) is 11.1 Å². The third-order valence-corrected chi connectivity index (χ3v) is 5.83. The van der Waals surface area contributed by atoms with E-state index in [1.54, 1.807) is 24.3 Å². The second-order valence-corrected chi connectivity index (χ2v) is 8.43. The molecule has 154 valence electrons. The van der Waals surface area contributed by atoms with Gasteiger partial charge >= 0.3 is 5.97 Å². The number of sulfonamides is 1. The molecule has 0 saturated heterocycles. The molecule has 0 radical (unpaired) electrons. The fourth-order valence-electron chi connectivity index (χ4n) is 2.71. The van der Waals surface area contributed by atoms with Crippen molar-refractivity contribution in [2.24, 2.45) is 0 Å². The molecule has 0 unspecified atom stereocenters. The third-order valence-electron chi connectivity index (χ3n) is 4.42. The molecule has 0 fully saturated rings. The van der Waals surface area contributed by atoms with Gasteiger partial charge in [-0.15, -0.1) is 0 Å². The van der Waals surface area contributed by atoms with E-state index < -0.39 is 29.1 Å². The van der Waals surface area contributed by atoms with Gasteiger partial charge in [-0.25, -0.2) is 8.42 Å². The highest BCUT2D eigenvalue weighted by Gasteiger charge is 2.17. The molecule has 1 N–H and O–H groups in total. The average molecular weight is 423 g/mol. The number of nitrogens with one attached hydrogen (secondary N) is 1. The molecule has 0 saturated carbocycles. The zero-order valence-corrected chi connectivity index (χ0v) is 17.2. The fraction of sp³-hybridized carbons (Fsp3) is 0.130. The van der Waals surface area contributed by atoms with Crippen LogP contribution < -0.4 is 4.72 Å². The number of benzene rings is 3. The molecule has 0 aliphatic rings. The Morgan fingerprint density at radius 1 is 0.833 bits per heavy atom. The average Bonchev–Trinajstić information content (AvgIpc) is 2.77. The molecule has 0 aliphatic heterocycles. The third kappa shape index (κ3) is 5.62. The number of carbonyl (C=O) groups excluding carboxylic acids is 2. The molecule has 0 heterocycles.